The molecule has 2 bridgehead atoms. The molecule has 0 amide bonds. The van der Waals surface area contributed by atoms with Gasteiger partial charge in [0.15, 0.2) is 17.1 Å². The first-order valence-corrected chi connectivity index (χ1v) is 15.6. The molecule has 2 unspecified atom stereocenters. The Labute approximate surface area is 247 Å². The predicted molar refractivity (Wildman–Crippen MR) is 158 cm³/mol. The van der Waals surface area contributed by atoms with Crippen molar-refractivity contribution in [2.24, 2.45) is 17.8 Å². The van der Waals surface area contributed by atoms with E-state index in [1.54, 1.807) is 24.4 Å². The standard InChI is InChI=1S/C31H29FN6O4S/c1-17-5-11-21(12-6-17)43(40,41)38-16-24(23-14-20(32)15-34-30(23)38)29-36-27-22(4-3-13-33-27)28(37-29)35-26-19-9-7-18(8-10-19)25(26)31(39)42-2/h3-6,11-16,18-19,25-26H,7-10H2,1-2H3,(H,33,35,36,37). The molecule has 8 rings (SSSR count). The van der Waals surface area contributed by atoms with Crippen molar-refractivity contribution < 1.29 is 22.3 Å². The van der Waals surface area contributed by atoms with E-state index in [9.17, 15) is 17.6 Å². The normalized spacial score (nSPS) is 21.7. The minimum absolute atomic E-state index is 0.0477. The quantitative estimate of drug-likeness (QED) is 0.264. The smallest absolute Gasteiger partial charge is 0.311 e. The summed E-state index contributed by atoms with van der Waals surface area (Å²) in [6.07, 6.45) is 7.92. The summed E-state index contributed by atoms with van der Waals surface area (Å²) in [4.78, 5) is 31.1. The van der Waals surface area contributed by atoms with Gasteiger partial charge < -0.3 is 10.1 Å². The molecule has 3 aliphatic rings. The maximum Gasteiger partial charge on any atom is 0.311 e. The van der Waals surface area contributed by atoms with Crippen LogP contribution in [0.3, 0.4) is 0 Å². The average Bonchev–Trinajstić information content (AvgIpc) is 3.41. The van der Waals surface area contributed by atoms with Crippen molar-refractivity contribution in [2.75, 3.05) is 12.4 Å². The Morgan fingerprint density at radius 2 is 1.77 bits per heavy atom. The number of hydrogen-bond donors (Lipinski definition) is 1. The molecule has 2 atom stereocenters. The number of halogens is 1. The number of rotatable bonds is 6. The van der Waals surface area contributed by atoms with Gasteiger partial charge in [-0.05, 0) is 74.8 Å². The number of aromatic nitrogens is 5. The number of fused-ring (bicyclic) bond motifs is 5. The van der Waals surface area contributed by atoms with Crippen LogP contribution in [0.1, 0.15) is 31.2 Å². The topological polar surface area (TPSA) is 129 Å². The van der Waals surface area contributed by atoms with Gasteiger partial charge in [0.05, 0.1) is 29.5 Å². The Kier molecular flexibility index (Phi) is 6.60. The van der Waals surface area contributed by atoms with Crippen molar-refractivity contribution >= 4 is 43.9 Å². The van der Waals surface area contributed by atoms with E-state index in [4.69, 9.17) is 9.72 Å². The van der Waals surface area contributed by atoms with Crippen molar-refractivity contribution in [2.45, 2.75) is 43.5 Å². The average molecular weight is 601 g/mol. The first-order chi connectivity index (χ1) is 20.7. The van der Waals surface area contributed by atoms with Crippen LogP contribution in [0.4, 0.5) is 10.2 Å². The van der Waals surface area contributed by atoms with E-state index in [2.05, 4.69) is 20.3 Å². The minimum atomic E-state index is -4.09. The van der Waals surface area contributed by atoms with Gasteiger partial charge in [0, 0.05) is 29.4 Å². The van der Waals surface area contributed by atoms with Crippen LogP contribution in [0.5, 0.6) is 0 Å². The number of benzene rings is 1. The predicted octanol–water partition coefficient (Wildman–Crippen LogP) is 5.12. The molecule has 4 aromatic heterocycles. The summed E-state index contributed by atoms with van der Waals surface area (Å²) < 4.78 is 48.3. The van der Waals surface area contributed by atoms with E-state index in [1.165, 1.54) is 31.5 Å². The molecule has 5 aromatic rings. The minimum Gasteiger partial charge on any atom is -0.469 e. The first kappa shape index (κ1) is 27.4. The van der Waals surface area contributed by atoms with Crippen LogP contribution in [0, 0.1) is 30.5 Å². The SMILES string of the molecule is COC(=O)C1C2CCC(CC2)C1Nc1nc(-c2cn(S(=O)(=O)c3ccc(C)cc3)c3ncc(F)cc23)nc2ncccc12. The van der Waals surface area contributed by atoms with Crippen LogP contribution < -0.4 is 5.32 Å². The summed E-state index contributed by atoms with van der Waals surface area (Å²) in [6, 6.07) is 11.1. The van der Waals surface area contributed by atoms with Crippen molar-refractivity contribution in [3.05, 3.63) is 72.4 Å². The molecule has 0 aliphatic heterocycles. The Morgan fingerprint density at radius 3 is 2.51 bits per heavy atom. The van der Waals surface area contributed by atoms with E-state index >= 15 is 0 Å². The lowest BCUT2D eigenvalue weighted by Gasteiger charge is -2.47. The Balaban J connectivity index is 1.39. The summed E-state index contributed by atoms with van der Waals surface area (Å²) in [6.45, 7) is 1.87. The van der Waals surface area contributed by atoms with E-state index in [0.717, 1.165) is 41.4 Å². The Morgan fingerprint density at radius 1 is 1.02 bits per heavy atom. The molecule has 3 aliphatic carbocycles. The number of nitrogens with one attached hydrogen (secondary N) is 1. The summed E-state index contributed by atoms with van der Waals surface area (Å²) in [5.74, 6) is -0.0859. The Hall–Kier alpha value is -4.45. The van der Waals surface area contributed by atoms with Crippen LogP contribution in [0.2, 0.25) is 0 Å². The molecular weight excluding hydrogens is 571 g/mol. The first-order valence-electron chi connectivity index (χ1n) is 14.2. The highest BCUT2D eigenvalue weighted by atomic mass is 32.2. The van der Waals surface area contributed by atoms with Gasteiger partial charge in [0.1, 0.15) is 11.6 Å². The molecule has 220 valence electrons. The lowest BCUT2D eigenvalue weighted by atomic mass is 9.61. The molecule has 0 saturated heterocycles. The zero-order valence-corrected chi connectivity index (χ0v) is 24.4. The highest BCUT2D eigenvalue weighted by molar-refractivity contribution is 7.90. The summed E-state index contributed by atoms with van der Waals surface area (Å²) in [5, 5.41) is 4.44. The molecule has 43 heavy (non-hydrogen) atoms. The van der Waals surface area contributed by atoms with Crippen LogP contribution >= 0.6 is 0 Å². The second-order valence-corrected chi connectivity index (χ2v) is 13.2. The number of aryl methyl sites for hydroxylation is 1. The summed E-state index contributed by atoms with van der Waals surface area (Å²) in [7, 11) is -2.68. The van der Waals surface area contributed by atoms with Gasteiger partial charge in [0.25, 0.3) is 10.0 Å². The van der Waals surface area contributed by atoms with Gasteiger partial charge in [-0.2, -0.15) is 0 Å². The largest absolute Gasteiger partial charge is 0.469 e. The fourth-order valence-corrected chi connectivity index (χ4v) is 8.05. The molecule has 3 saturated carbocycles. The third kappa shape index (κ3) is 4.60. The van der Waals surface area contributed by atoms with E-state index in [1.807, 2.05) is 13.0 Å². The molecule has 3 fully saturated rings. The highest BCUT2D eigenvalue weighted by Crippen LogP contribution is 2.47. The van der Waals surface area contributed by atoms with E-state index in [-0.39, 0.29) is 57.1 Å². The van der Waals surface area contributed by atoms with Gasteiger partial charge >= 0.3 is 5.97 Å². The molecular formula is C31H29FN6O4S. The maximum atomic E-state index is 14.6. The molecule has 0 radical (unpaired) electrons. The van der Waals surface area contributed by atoms with Crippen molar-refractivity contribution in [3.63, 3.8) is 0 Å². The molecule has 10 nitrogen and oxygen atoms in total. The van der Waals surface area contributed by atoms with Gasteiger partial charge in [0.2, 0.25) is 0 Å². The van der Waals surface area contributed by atoms with Crippen LogP contribution in [0.25, 0.3) is 33.5 Å². The van der Waals surface area contributed by atoms with Crippen LogP contribution in [-0.2, 0) is 19.6 Å². The second-order valence-electron chi connectivity index (χ2n) is 11.3. The van der Waals surface area contributed by atoms with Crippen molar-refractivity contribution in [3.8, 4) is 11.4 Å². The molecule has 0 spiro atoms. The third-order valence-corrected chi connectivity index (χ3v) is 10.5. The van der Waals surface area contributed by atoms with E-state index < -0.39 is 15.8 Å². The second kappa shape index (κ2) is 10.4. The van der Waals surface area contributed by atoms with Crippen LogP contribution in [-0.4, -0.2) is 51.4 Å². The number of hydrogen-bond acceptors (Lipinski definition) is 9. The third-order valence-electron chi connectivity index (χ3n) is 8.86. The fraction of sp³-hybridized carbons (Fsp3) is 0.323. The zero-order chi connectivity index (χ0) is 29.9. The van der Waals surface area contributed by atoms with Gasteiger partial charge in [-0.25, -0.2) is 36.7 Å². The number of carbonyl (C=O) groups excluding carboxylic acids is 1. The lowest BCUT2D eigenvalue weighted by molar-refractivity contribution is -0.152. The number of esters is 1. The maximum absolute atomic E-state index is 14.6. The van der Waals surface area contributed by atoms with Crippen LogP contribution in [0.15, 0.2) is 66.0 Å². The van der Waals surface area contributed by atoms with Crippen molar-refractivity contribution in [1.29, 1.82) is 0 Å². The number of nitrogens with zero attached hydrogens (tertiary/aromatic N) is 5. The summed E-state index contributed by atoms with van der Waals surface area (Å²) >= 11 is 0. The lowest BCUT2D eigenvalue weighted by Crippen LogP contribution is -2.51. The molecule has 12 heteroatoms. The highest BCUT2D eigenvalue weighted by Gasteiger charge is 2.48. The number of carbonyl (C=O) groups is 1. The van der Waals surface area contributed by atoms with E-state index in [0.29, 0.717) is 16.9 Å². The number of methoxy groups -OCH3 is 1. The van der Waals surface area contributed by atoms with Gasteiger partial charge in [-0.3, -0.25) is 4.79 Å². The van der Waals surface area contributed by atoms with Gasteiger partial charge in [-0.15, -0.1) is 0 Å². The van der Waals surface area contributed by atoms with Gasteiger partial charge in [-0.1, -0.05) is 17.7 Å². The Bertz CT molecular complexity index is 1990. The zero-order valence-electron chi connectivity index (χ0n) is 23.6. The monoisotopic (exact) mass is 600 g/mol. The number of anilines is 1. The molecule has 4 heterocycles. The molecule has 1 N–H and O–H groups in total. The summed E-state index contributed by atoms with van der Waals surface area (Å²) in [5.41, 5.74) is 1.61. The molecule has 1 aromatic carbocycles. The number of pyridine rings is 2. The fourth-order valence-electron chi connectivity index (χ4n) is 6.72. The van der Waals surface area contributed by atoms with Crippen molar-refractivity contribution in [1.82, 2.24) is 23.9 Å². The number of ether oxygens (including phenoxy) is 1.